The van der Waals surface area contributed by atoms with Crippen LogP contribution in [0.15, 0.2) is 54.9 Å². The molecule has 0 unspecified atom stereocenters. The van der Waals surface area contributed by atoms with E-state index in [1.807, 2.05) is 24.3 Å². The summed E-state index contributed by atoms with van der Waals surface area (Å²) >= 11 is 0. The van der Waals surface area contributed by atoms with E-state index in [9.17, 15) is 4.39 Å². The highest BCUT2D eigenvalue weighted by Crippen LogP contribution is 2.08. The number of nitrogens with one attached hydrogen (secondary N) is 2. The molecule has 2 heterocycles. The molecule has 0 aliphatic rings. The Morgan fingerprint density at radius 3 is 2.71 bits per heavy atom. The van der Waals surface area contributed by atoms with E-state index in [0.717, 1.165) is 5.69 Å². The first-order valence-electron chi connectivity index (χ1n) is 7.62. The molecule has 0 amide bonds. The molecule has 24 heavy (non-hydrogen) atoms. The second-order valence-electron chi connectivity index (χ2n) is 5.11. The van der Waals surface area contributed by atoms with Crippen molar-refractivity contribution in [3.05, 3.63) is 71.9 Å². The first-order valence-corrected chi connectivity index (χ1v) is 7.62. The van der Waals surface area contributed by atoms with Gasteiger partial charge in [-0.05, 0) is 30.2 Å². The molecule has 3 rings (SSSR count). The van der Waals surface area contributed by atoms with Gasteiger partial charge in [-0.3, -0.25) is 4.98 Å². The van der Waals surface area contributed by atoms with E-state index < -0.39 is 0 Å². The first kappa shape index (κ1) is 15.8. The van der Waals surface area contributed by atoms with Gasteiger partial charge in [-0.15, -0.1) is 5.10 Å². The van der Waals surface area contributed by atoms with Gasteiger partial charge in [0, 0.05) is 12.7 Å². The van der Waals surface area contributed by atoms with E-state index in [1.54, 1.807) is 24.5 Å². The Balaban J connectivity index is 1.52. The second kappa shape index (κ2) is 7.96. The highest BCUT2D eigenvalue weighted by atomic mass is 19.1. The lowest BCUT2D eigenvalue weighted by atomic mass is 10.1. The average molecular weight is 324 g/mol. The van der Waals surface area contributed by atoms with Crippen molar-refractivity contribution in [1.82, 2.24) is 20.2 Å². The summed E-state index contributed by atoms with van der Waals surface area (Å²) in [6.07, 6.45) is 3.83. The Kier molecular flexibility index (Phi) is 5.24. The average Bonchev–Trinajstić information content (AvgIpc) is 2.63. The molecule has 0 fully saturated rings. The lowest BCUT2D eigenvalue weighted by molar-refractivity contribution is 0.610. The van der Waals surface area contributed by atoms with Gasteiger partial charge in [0.2, 0.25) is 5.95 Å². The van der Waals surface area contributed by atoms with Crippen LogP contribution in [0.1, 0.15) is 11.3 Å². The van der Waals surface area contributed by atoms with Crippen molar-refractivity contribution in [2.24, 2.45) is 0 Å². The van der Waals surface area contributed by atoms with Crippen molar-refractivity contribution in [3.8, 4) is 0 Å². The minimum absolute atomic E-state index is 0.205. The molecule has 0 spiro atoms. The SMILES string of the molecule is Fc1ccccc1CCNc1nncc(NCc2ccccn2)n1. The van der Waals surface area contributed by atoms with Crippen molar-refractivity contribution in [2.45, 2.75) is 13.0 Å². The summed E-state index contributed by atoms with van der Waals surface area (Å²) in [5.74, 6) is 0.797. The Labute approximate surface area is 139 Å². The van der Waals surface area contributed by atoms with Crippen LogP contribution in [0.4, 0.5) is 16.2 Å². The smallest absolute Gasteiger partial charge is 0.244 e. The molecule has 3 aromatic rings. The van der Waals surface area contributed by atoms with Crippen molar-refractivity contribution >= 4 is 11.8 Å². The number of hydrogen-bond acceptors (Lipinski definition) is 6. The maximum absolute atomic E-state index is 13.6. The van der Waals surface area contributed by atoms with Crippen molar-refractivity contribution in [1.29, 1.82) is 0 Å². The van der Waals surface area contributed by atoms with Gasteiger partial charge >= 0.3 is 0 Å². The van der Waals surface area contributed by atoms with Crippen LogP contribution in [0.25, 0.3) is 0 Å². The quantitative estimate of drug-likeness (QED) is 0.696. The van der Waals surface area contributed by atoms with E-state index in [2.05, 4.69) is 30.8 Å². The molecule has 0 radical (unpaired) electrons. The summed E-state index contributed by atoms with van der Waals surface area (Å²) in [5, 5.41) is 14.0. The van der Waals surface area contributed by atoms with Gasteiger partial charge in [0.1, 0.15) is 5.82 Å². The number of halogens is 1. The topological polar surface area (TPSA) is 75.6 Å². The molecule has 1 aromatic carbocycles. The first-order chi connectivity index (χ1) is 11.8. The molecule has 0 bridgehead atoms. The third-order valence-corrected chi connectivity index (χ3v) is 3.37. The predicted octanol–water partition coefficient (Wildman–Crippen LogP) is 2.67. The standard InChI is InChI=1S/C17H17FN6/c18-15-7-2-1-5-13(15)8-10-20-17-23-16(12-22-24-17)21-11-14-6-3-4-9-19-14/h1-7,9,12H,8,10-11H2,(H2,20,21,23,24). The zero-order valence-electron chi connectivity index (χ0n) is 13.0. The monoisotopic (exact) mass is 324 g/mol. The van der Waals surface area contributed by atoms with Crippen molar-refractivity contribution in [3.63, 3.8) is 0 Å². The summed E-state index contributed by atoms with van der Waals surface area (Å²) < 4.78 is 13.6. The zero-order chi connectivity index (χ0) is 16.6. The number of aromatic nitrogens is 4. The minimum Gasteiger partial charge on any atom is -0.363 e. The zero-order valence-corrected chi connectivity index (χ0v) is 13.0. The lowest BCUT2D eigenvalue weighted by Gasteiger charge is -2.08. The van der Waals surface area contributed by atoms with Gasteiger partial charge < -0.3 is 10.6 Å². The molecular formula is C17H17FN6. The van der Waals surface area contributed by atoms with E-state index in [1.165, 1.54) is 6.07 Å². The van der Waals surface area contributed by atoms with Gasteiger partial charge in [0.05, 0.1) is 18.4 Å². The molecule has 7 heteroatoms. The fourth-order valence-electron chi connectivity index (χ4n) is 2.16. The number of anilines is 2. The Morgan fingerprint density at radius 2 is 1.88 bits per heavy atom. The van der Waals surface area contributed by atoms with Crippen molar-refractivity contribution < 1.29 is 4.39 Å². The van der Waals surface area contributed by atoms with Gasteiger partial charge in [-0.25, -0.2) is 4.39 Å². The van der Waals surface area contributed by atoms with Gasteiger partial charge in [0.25, 0.3) is 0 Å². The number of hydrogen-bond donors (Lipinski definition) is 2. The number of nitrogens with zero attached hydrogens (tertiary/aromatic N) is 4. The minimum atomic E-state index is -0.205. The molecule has 0 atom stereocenters. The van der Waals surface area contributed by atoms with E-state index in [-0.39, 0.29) is 5.82 Å². The molecule has 122 valence electrons. The fourth-order valence-corrected chi connectivity index (χ4v) is 2.16. The fraction of sp³-hybridized carbons (Fsp3) is 0.176. The van der Waals surface area contributed by atoms with E-state index in [0.29, 0.717) is 36.8 Å². The number of benzene rings is 1. The van der Waals surface area contributed by atoms with Crippen LogP contribution >= 0.6 is 0 Å². The van der Waals surface area contributed by atoms with Crippen LogP contribution < -0.4 is 10.6 Å². The number of rotatable bonds is 7. The molecule has 0 aliphatic heterocycles. The van der Waals surface area contributed by atoms with Crippen LogP contribution in [0.2, 0.25) is 0 Å². The molecule has 6 nitrogen and oxygen atoms in total. The van der Waals surface area contributed by atoms with Gasteiger partial charge in [-0.1, -0.05) is 24.3 Å². The highest BCUT2D eigenvalue weighted by Gasteiger charge is 2.03. The third-order valence-electron chi connectivity index (χ3n) is 3.37. The van der Waals surface area contributed by atoms with Gasteiger partial charge in [-0.2, -0.15) is 10.1 Å². The van der Waals surface area contributed by atoms with E-state index in [4.69, 9.17) is 0 Å². The molecular weight excluding hydrogens is 307 g/mol. The molecule has 0 saturated carbocycles. The maximum Gasteiger partial charge on any atom is 0.244 e. The molecule has 2 N–H and O–H groups in total. The molecule has 2 aromatic heterocycles. The third kappa shape index (κ3) is 4.45. The van der Waals surface area contributed by atoms with Crippen LogP contribution in [0.5, 0.6) is 0 Å². The van der Waals surface area contributed by atoms with Crippen LogP contribution in [0, 0.1) is 5.82 Å². The summed E-state index contributed by atoms with van der Waals surface area (Å²) in [6, 6.07) is 12.4. The largest absolute Gasteiger partial charge is 0.363 e. The maximum atomic E-state index is 13.6. The number of pyridine rings is 1. The lowest BCUT2D eigenvalue weighted by Crippen LogP contribution is -2.11. The Hall–Kier alpha value is -3.09. The summed E-state index contributed by atoms with van der Waals surface area (Å²) in [5.41, 5.74) is 1.56. The van der Waals surface area contributed by atoms with Gasteiger partial charge in [0.15, 0.2) is 5.82 Å². The molecule has 0 aliphatic carbocycles. The van der Waals surface area contributed by atoms with Crippen LogP contribution in [-0.2, 0) is 13.0 Å². The summed E-state index contributed by atoms with van der Waals surface area (Å²) in [4.78, 5) is 8.55. The van der Waals surface area contributed by atoms with E-state index >= 15 is 0 Å². The van der Waals surface area contributed by atoms with Crippen LogP contribution in [0.3, 0.4) is 0 Å². The molecule has 0 saturated heterocycles. The second-order valence-corrected chi connectivity index (χ2v) is 5.11. The van der Waals surface area contributed by atoms with Crippen LogP contribution in [-0.4, -0.2) is 26.7 Å². The Morgan fingerprint density at radius 1 is 1.00 bits per heavy atom. The predicted molar refractivity (Wildman–Crippen MR) is 90.0 cm³/mol. The highest BCUT2D eigenvalue weighted by molar-refractivity contribution is 5.37. The normalized spacial score (nSPS) is 10.4. The Bertz CT molecular complexity index is 781. The summed E-state index contributed by atoms with van der Waals surface area (Å²) in [6.45, 7) is 1.07. The summed E-state index contributed by atoms with van der Waals surface area (Å²) in [7, 11) is 0. The van der Waals surface area contributed by atoms with Crippen molar-refractivity contribution in [2.75, 3.05) is 17.2 Å².